The van der Waals surface area contributed by atoms with Crippen LogP contribution in [0.4, 0.5) is 4.39 Å². The van der Waals surface area contributed by atoms with Crippen molar-refractivity contribution >= 4 is 0 Å². The first-order valence-electron chi connectivity index (χ1n) is 4.17. The van der Waals surface area contributed by atoms with Gasteiger partial charge in [0.05, 0.1) is 0 Å². The standard InChI is InChI=1S/C10H15F/c1-7(2)10-5-4-9(11)6-8(10)3/h4-8,10H,1-3H3. The quantitative estimate of drug-likeness (QED) is 0.543. The van der Waals surface area contributed by atoms with Crippen LogP contribution in [-0.4, -0.2) is 0 Å². The second-order valence-corrected chi connectivity index (χ2v) is 3.59. The van der Waals surface area contributed by atoms with Crippen molar-refractivity contribution in [1.29, 1.82) is 0 Å². The summed E-state index contributed by atoms with van der Waals surface area (Å²) in [6.45, 7) is 6.40. The molecule has 0 fully saturated rings. The Morgan fingerprint density at radius 2 is 2.09 bits per heavy atom. The lowest BCUT2D eigenvalue weighted by Crippen LogP contribution is -2.16. The third kappa shape index (κ3) is 1.92. The van der Waals surface area contributed by atoms with Crippen LogP contribution in [0.1, 0.15) is 20.8 Å². The normalized spacial score (nSPS) is 30.8. The fraction of sp³-hybridized carbons (Fsp3) is 0.600. The van der Waals surface area contributed by atoms with E-state index in [9.17, 15) is 4.39 Å². The number of allylic oxidation sites excluding steroid dienone is 4. The molecule has 1 aliphatic carbocycles. The van der Waals surface area contributed by atoms with Gasteiger partial charge in [-0.1, -0.05) is 26.8 Å². The van der Waals surface area contributed by atoms with Crippen LogP contribution in [0.2, 0.25) is 0 Å². The predicted molar refractivity (Wildman–Crippen MR) is 45.8 cm³/mol. The molecule has 1 heteroatoms. The molecule has 1 rings (SSSR count). The van der Waals surface area contributed by atoms with Crippen LogP contribution >= 0.6 is 0 Å². The van der Waals surface area contributed by atoms with Crippen molar-refractivity contribution in [2.75, 3.05) is 0 Å². The van der Waals surface area contributed by atoms with E-state index in [-0.39, 0.29) is 5.83 Å². The first kappa shape index (κ1) is 8.51. The fourth-order valence-electron chi connectivity index (χ4n) is 1.63. The molecule has 0 amide bonds. The minimum Gasteiger partial charge on any atom is -0.207 e. The van der Waals surface area contributed by atoms with E-state index in [1.54, 1.807) is 12.2 Å². The molecule has 0 aromatic heterocycles. The average molecular weight is 154 g/mol. The van der Waals surface area contributed by atoms with Gasteiger partial charge in [0.2, 0.25) is 0 Å². The van der Waals surface area contributed by atoms with E-state index in [0.29, 0.717) is 17.8 Å². The summed E-state index contributed by atoms with van der Waals surface area (Å²) in [6, 6.07) is 0. The fourth-order valence-corrected chi connectivity index (χ4v) is 1.63. The lowest BCUT2D eigenvalue weighted by Gasteiger charge is -2.24. The smallest absolute Gasteiger partial charge is 0.119 e. The van der Waals surface area contributed by atoms with Gasteiger partial charge in [-0.05, 0) is 29.9 Å². The van der Waals surface area contributed by atoms with Gasteiger partial charge in [-0.3, -0.25) is 0 Å². The van der Waals surface area contributed by atoms with Gasteiger partial charge in [-0.2, -0.15) is 0 Å². The summed E-state index contributed by atoms with van der Waals surface area (Å²) in [6.07, 6.45) is 5.25. The lowest BCUT2D eigenvalue weighted by molar-refractivity contribution is 0.373. The summed E-state index contributed by atoms with van der Waals surface area (Å²) in [5, 5.41) is 0. The molecule has 2 atom stereocenters. The van der Waals surface area contributed by atoms with Crippen LogP contribution in [0.25, 0.3) is 0 Å². The molecule has 1 aliphatic rings. The van der Waals surface area contributed by atoms with Crippen molar-refractivity contribution in [3.63, 3.8) is 0 Å². The molecule has 0 aromatic carbocycles. The number of hydrogen-bond acceptors (Lipinski definition) is 0. The Morgan fingerprint density at radius 3 is 2.55 bits per heavy atom. The molecule has 0 spiro atoms. The number of rotatable bonds is 1. The summed E-state index contributed by atoms with van der Waals surface area (Å²) in [5.41, 5.74) is 0. The van der Waals surface area contributed by atoms with E-state index in [4.69, 9.17) is 0 Å². The molecule has 2 unspecified atom stereocenters. The van der Waals surface area contributed by atoms with E-state index in [1.165, 1.54) is 0 Å². The third-order valence-corrected chi connectivity index (χ3v) is 2.28. The van der Waals surface area contributed by atoms with Gasteiger partial charge in [0, 0.05) is 0 Å². The van der Waals surface area contributed by atoms with Gasteiger partial charge in [0.15, 0.2) is 0 Å². The molecule has 0 N–H and O–H groups in total. The molecular formula is C10H15F. The van der Waals surface area contributed by atoms with Gasteiger partial charge in [-0.15, -0.1) is 0 Å². The van der Waals surface area contributed by atoms with Crippen LogP contribution < -0.4 is 0 Å². The summed E-state index contributed by atoms with van der Waals surface area (Å²) in [7, 11) is 0. The second-order valence-electron chi connectivity index (χ2n) is 3.59. The highest BCUT2D eigenvalue weighted by molar-refractivity contribution is 5.19. The van der Waals surface area contributed by atoms with Crippen molar-refractivity contribution in [3.8, 4) is 0 Å². The SMILES string of the molecule is CC(C)C1C=CC(F)=CC1C. The third-order valence-electron chi connectivity index (χ3n) is 2.28. The van der Waals surface area contributed by atoms with Crippen LogP contribution in [0, 0.1) is 17.8 Å². The zero-order valence-electron chi connectivity index (χ0n) is 7.34. The number of halogens is 1. The number of hydrogen-bond donors (Lipinski definition) is 0. The maximum absolute atomic E-state index is 12.6. The summed E-state index contributed by atoms with van der Waals surface area (Å²) < 4.78 is 12.6. The maximum Gasteiger partial charge on any atom is 0.119 e. The highest BCUT2D eigenvalue weighted by atomic mass is 19.1. The molecule has 62 valence electrons. The summed E-state index contributed by atoms with van der Waals surface area (Å²) in [4.78, 5) is 0. The molecule has 0 heterocycles. The zero-order chi connectivity index (χ0) is 8.43. The van der Waals surface area contributed by atoms with E-state index in [0.717, 1.165) is 0 Å². The molecule has 0 saturated heterocycles. The van der Waals surface area contributed by atoms with E-state index < -0.39 is 0 Å². The molecule has 11 heavy (non-hydrogen) atoms. The topological polar surface area (TPSA) is 0 Å². The maximum atomic E-state index is 12.6. The first-order chi connectivity index (χ1) is 5.11. The Balaban J connectivity index is 2.69. The van der Waals surface area contributed by atoms with Crippen molar-refractivity contribution in [3.05, 3.63) is 24.1 Å². The highest BCUT2D eigenvalue weighted by Gasteiger charge is 2.19. The van der Waals surface area contributed by atoms with Crippen LogP contribution in [0.3, 0.4) is 0 Å². The van der Waals surface area contributed by atoms with E-state index >= 15 is 0 Å². The van der Waals surface area contributed by atoms with Gasteiger partial charge in [-0.25, -0.2) is 4.39 Å². The van der Waals surface area contributed by atoms with Crippen molar-refractivity contribution in [1.82, 2.24) is 0 Å². The predicted octanol–water partition coefficient (Wildman–Crippen LogP) is 3.32. The van der Waals surface area contributed by atoms with E-state index in [1.807, 2.05) is 6.08 Å². The molecule has 0 aliphatic heterocycles. The lowest BCUT2D eigenvalue weighted by atomic mass is 9.82. The average Bonchev–Trinajstić information content (AvgIpc) is 1.85. The van der Waals surface area contributed by atoms with Crippen molar-refractivity contribution < 1.29 is 4.39 Å². The zero-order valence-corrected chi connectivity index (χ0v) is 7.34. The summed E-state index contributed by atoms with van der Waals surface area (Å²) >= 11 is 0. The van der Waals surface area contributed by atoms with Crippen LogP contribution in [-0.2, 0) is 0 Å². The molecule has 0 nitrogen and oxygen atoms in total. The van der Waals surface area contributed by atoms with Crippen molar-refractivity contribution in [2.45, 2.75) is 20.8 Å². The van der Waals surface area contributed by atoms with Gasteiger partial charge in [0.1, 0.15) is 5.83 Å². The Morgan fingerprint density at radius 1 is 1.45 bits per heavy atom. The highest BCUT2D eigenvalue weighted by Crippen LogP contribution is 2.28. The molecule has 0 radical (unpaired) electrons. The Bertz CT molecular complexity index is 189. The van der Waals surface area contributed by atoms with Crippen LogP contribution in [0.5, 0.6) is 0 Å². The monoisotopic (exact) mass is 154 g/mol. The molecule has 0 aromatic rings. The van der Waals surface area contributed by atoms with Gasteiger partial charge >= 0.3 is 0 Å². The summed E-state index contributed by atoms with van der Waals surface area (Å²) in [5.74, 6) is 1.37. The van der Waals surface area contributed by atoms with Gasteiger partial charge in [0.25, 0.3) is 0 Å². The Hall–Kier alpha value is -0.590. The minimum atomic E-state index is -0.0885. The molecule has 0 bridgehead atoms. The second kappa shape index (κ2) is 3.21. The largest absolute Gasteiger partial charge is 0.207 e. The minimum absolute atomic E-state index is 0.0885. The van der Waals surface area contributed by atoms with E-state index in [2.05, 4.69) is 20.8 Å². The first-order valence-corrected chi connectivity index (χ1v) is 4.17. The Kier molecular flexibility index (Phi) is 2.48. The van der Waals surface area contributed by atoms with Crippen LogP contribution in [0.15, 0.2) is 24.1 Å². The molecular weight excluding hydrogens is 139 g/mol. The Labute approximate surface area is 67.8 Å². The van der Waals surface area contributed by atoms with Gasteiger partial charge < -0.3 is 0 Å². The molecule has 0 saturated carbocycles. The van der Waals surface area contributed by atoms with Crippen molar-refractivity contribution in [2.24, 2.45) is 17.8 Å².